The third-order valence-electron chi connectivity index (χ3n) is 3.51. The van der Waals surface area contributed by atoms with E-state index in [1.165, 1.54) is 6.20 Å². The third kappa shape index (κ3) is 2.75. The number of nitrogens with zero attached hydrogens (tertiary/aromatic N) is 3. The van der Waals surface area contributed by atoms with E-state index in [2.05, 4.69) is 5.10 Å². The molecule has 1 saturated carbocycles. The number of likely N-dealkylation sites (N-methyl/N-ethyl adjacent to an activating group) is 1. The Bertz CT molecular complexity index is 481. The first-order chi connectivity index (χ1) is 8.83. The van der Waals surface area contributed by atoms with Crippen LogP contribution >= 0.6 is 11.6 Å². The first-order valence-electron chi connectivity index (χ1n) is 6.15. The predicted octanol–water partition coefficient (Wildman–Crippen LogP) is 0.780. The zero-order chi connectivity index (χ0) is 14.2. The van der Waals surface area contributed by atoms with Gasteiger partial charge in [0.15, 0.2) is 0 Å². The summed E-state index contributed by atoms with van der Waals surface area (Å²) in [7, 11) is 3.90. The molecule has 0 aromatic carbocycles. The molecule has 0 amide bonds. The van der Waals surface area contributed by atoms with E-state index in [0.29, 0.717) is 17.3 Å². The zero-order valence-electron chi connectivity index (χ0n) is 11.0. The number of carbonyl (C=O) groups is 1. The molecule has 2 rings (SSSR count). The summed E-state index contributed by atoms with van der Waals surface area (Å²) in [6, 6.07) is 0. The van der Waals surface area contributed by atoms with E-state index >= 15 is 0 Å². The van der Waals surface area contributed by atoms with Gasteiger partial charge in [-0.05, 0) is 26.9 Å². The van der Waals surface area contributed by atoms with Gasteiger partial charge in [0.05, 0.1) is 29.4 Å². The smallest absolute Gasteiger partial charge is 0.306 e. The quantitative estimate of drug-likeness (QED) is 0.837. The fourth-order valence-electron chi connectivity index (χ4n) is 2.41. The minimum absolute atomic E-state index is 0.190. The number of hydrogen-bond acceptors (Lipinski definition) is 4. The first kappa shape index (κ1) is 14.3. The van der Waals surface area contributed by atoms with Crippen molar-refractivity contribution in [1.82, 2.24) is 14.7 Å². The van der Waals surface area contributed by atoms with Gasteiger partial charge in [0.2, 0.25) is 0 Å². The molecule has 0 radical (unpaired) electrons. The molecule has 1 aliphatic rings. The van der Waals surface area contributed by atoms with Gasteiger partial charge >= 0.3 is 5.97 Å². The maximum Gasteiger partial charge on any atom is 0.306 e. The lowest BCUT2D eigenvalue weighted by Gasteiger charge is -2.41. The highest BCUT2D eigenvalue weighted by molar-refractivity contribution is 6.31. The van der Waals surface area contributed by atoms with Crippen LogP contribution in [0.4, 0.5) is 0 Å². The molecule has 1 aromatic heterocycles. The molecule has 2 N–H and O–H groups in total. The molecule has 1 aromatic rings. The normalized spacial score (nSPS) is 26.5. The number of aliphatic hydroxyl groups is 1. The minimum Gasteiger partial charge on any atom is -0.481 e. The minimum atomic E-state index is -1.16. The average molecular weight is 288 g/mol. The highest BCUT2D eigenvalue weighted by Gasteiger charge is 2.50. The van der Waals surface area contributed by atoms with Crippen molar-refractivity contribution in [1.29, 1.82) is 0 Å². The van der Waals surface area contributed by atoms with Crippen molar-refractivity contribution in [2.45, 2.75) is 25.0 Å². The lowest BCUT2D eigenvalue weighted by Crippen LogP contribution is -2.46. The van der Waals surface area contributed by atoms with Crippen LogP contribution in [-0.2, 0) is 16.9 Å². The van der Waals surface area contributed by atoms with E-state index in [1.54, 1.807) is 4.68 Å². The molecular formula is C12H18ClN3O3. The molecule has 7 heteroatoms. The maximum absolute atomic E-state index is 10.9. The van der Waals surface area contributed by atoms with E-state index < -0.39 is 17.5 Å². The molecule has 1 aliphatic carbocycles. The van der Waals surface area contributed by atoms with Crippen molar-refractivity contribution in [3.63, 3.8) is 0 Å². The van der Waals surface area contributed by atoms with Crippen LogP contribution in [0.5, 0.6) is 0 Å². The van der Waals surface area contributed by atoms with Gasteiger partial charge in [-0.1, -0.05) is 11.6 Å². The monoisotopic (exact) mass is 287 g/mol. The Morgan fingerprint density at radius 3 is 2.79 bits per heavy atom. The molecular weight excluding hydrogens is 270 g/mol. The summed E-state index contributed by atoms with van der Waals surface area (Å²) in [5.74, 6) is -1.38. The SMILES string of the molecule is CN(C)CCn1ncc(Cl)c1C1(O)CC(C(=O)O)C1. The molecule has 0 spiro atoms. The van der Waals surface area contributed by atoms with E-state index in [0.717, 1.165) is 6.54 Å². The van der Waals surface area contributed by atoms with Crippen LogP contribution in [0.15, 0.2) is 6.20 Å². The molecule has 1 heterocycles. The molecule has 0 saturated heterocycles. The van der Waals surface area contributed by atoms with Crippen molar-refractivity contribution in [2.75, 3.05) is 20.6 Å². The van der Waals surface area contributed by atoms with Crippen molar-refractivity contribution in [3.05, 3.63) is 16.9 Å². The molecule has 19 heavy (non-hydrogen) atoms. The van der Waals surface area contributed by atoms with Gasteiger partial charge in [-0.3, -0.25) is 9.48 Å². The molecule has 106 valence electrons. The summed E-state index contributed by atoms with van der Waals surface area (Å²) in [4.78, 5) is 12.9. The van der Waals surface area contributed by atoms with Gasteiger partial charge in [0.1, 0.15) is 5.60 Å². The summed E-state index contributed by atoms with van der Waals surface area (Å²) < 4.78 is 1.67. The van der Waals surface area contributed by atoms with E-state index in [9.17, 15) is 9.90 Å². The zero-order valence-corrected chi connectivity index (χ0v) is 11.8. The second-order valence-corrected chi connectivity index (χ2v) is 5.75. The standard InChI is InChI=1S/C12H18ClN3O3/c1-15(2)3-4-16-10(9(13)7-14-16)12(19)5-8(6-12)11(17)18/h7-8,19H,3-6H2,1-2H3,(H,17,18). The van der Waals surface area contributed by atoms with Gasteiger partial charge in [-0.2, -0.15) is 5.10 Å². The van der Waals surface area contributed by atoms with Gasteiger partial charge in [-0.25, -0.2) is 0 Å². The Balaban J connectivity index is 2.16. The van der Waals surface area contributed by atoms with Gasteiger partial charge in [-0.15, -0.1) is 0 Å². The van der Waals surface area contributed by atoms with Gasteiger partial charge < -0.3 is 15.1 Å². The Hall–Kier alpha value is -1.11. The summed E-state index contributed by atoms with van der Waals surface area (Å²) in [6.45, 7) is 1.37. The Morgan fingerprint density at radius 2 is 2.26 bits per heavy atom. The highest BCUT2D eigenvalue weighted by Crippen LogP contribution is 2.47. The number of rotatable bonds is 5. The van der Waals surface area contributed by atoms with E-state index in [-0.39, 0.29) is 12.8 Å². The lowest BCUT2D eigenvalue weighted by molar-refractivity contribution is -0.160. The third-order valence-corrected chi connectivity index (χ3v) is 3.79. The Labute approximate surface area is 116 Å². The van der Waals surface area contributed by atoms with Crippen LogP contribution in [0, 0.1) is 5.92 Å². The molecule has 6 nitrogen and oxygen atoms in total. The summed E-state index contributed by atoms with van der Waals surface area (Å²) in [5, 5.41) is 23.9. The first-order valence-corrected chi connectivity index (χ1v) is 6.53. The number of hydrogen-bond donors (Lipinski definition) is 2. The number of halogens is 1. The van der Waals surface area contributed by atoms with Crippen molar-refractivity contribution in [3.8, 4) is 0 Å². The van der Waals surface area contributed by atoms with Crippen LogP contribution in [-0.4, -0.2) is 51.5 Å². The van der Waals surface area contributed by atoms with Crippen LogP contribution in [0.25, 0.3) is 0 Å². The summed E-state index contributed by atoms with van der Waals surface area (Å²) >= 11 is 6.08. The van der Waals surface area contributed by atoms with Crippen LogP contribution < -0.4 is 0 Å². The fraction of sp³-hybridized carbons (Fsp3) is 0.667. The lowest BCUT2D eigenvalue weighted by atomic mass is 9.69. The Kier molecular flexibility index (Phi) is 3.85. The number of aromatic nitrogens is 2. The highest BCUT2D eigenvalue weighted by atomic mass is 35.5. The molecule has 1 fully saturated rings. The van der Waals surface area contributed by atoms with E-state index in [4.69, 9.17) is 16.7 Å². The van der Waals surface area contributed by atoms with Crippen LogP contribution in [0.3, 0.4) is 0 Å². The molecule has 0 unspecified atom stereocenters. The summed E-state index contributed by atoms with van der Waals surface area (Å²) in [6.07, 6.45) is 1.88. The second-order valence-electron chi connectivity index (χ2n) is 5.34. The molecule has 0 atom stereocenters. The van der Waals surface area contributed by atoms with Crippen molar-refractivity contribution in [2.24, 2.45) is 5.92 Å². The topological polar surface area (TPSA) is 78.6 Å². The fourth-order valence-corrected chi connectivity index (χ4v) is 2.73. The van der Waals surface area contributed by atoms with Crippen molar-refractivity contribution >= 4 is 17.6 Å². The second kappa shape index (κ2) is 5.11. The largest absolute Gasteiger partial charge is 0.481 e. The number of aliphatic carboxylic acids is 1. The predicted molar refractivity (Wildman–Crippen MR) is 70.0 cm³/mol. The maximum atomic E-state index is 10.9. The number of carboxylic acids is 1. The average Bonchev–Trinajstić information content (AvgIpc) is 2.63. The number of carboxylic acid groups (broad SMARTS) is 1. The van der Waals surface area contributed by atoms with Gasteiger partial charge in [0.25, 0.3) is 0 Å². The Morgan fingerprint density at radius 1 is 1.63 bits per heavy atom. The van der Waals surface area contributed by atoms with Gasteiger partial charge in [0, 0.05) is 6.54 Å². The van der Waals surface area contributed by atoms with Crippen LogP contribution in [0.1, 0.15) is 18.5 Å². The molecule has 0 bridgehead atoms. The van der Waals surface area contributed by atoms with Crippen molar-refractivity contribution < 1.29 is 15.0 Å². The summed E-state index contributed by atoms with van der Waals surface area (Å²) in [5.41, 5.74) is -0.628. The van der Waals surface area contributed by atoms with E-state index in [1.807, 2.05) is 19.0 Å². The molecule has 0 aliphatic heterocycles. The van der Waals surface area contributed by atoms with Crippen LogP contribution in [0.2, 0.25) is 5.02 Å².